The van der Waals surface area contributed by atoms with Crippen LogP contribution in [-0.2, 0) is 4.79 Å². The van der Waals surface area contributed by atoms with Crippen LogP contribution >= 0.6 is 11.6 Å². The average molecular weight is 330 g/mol. The number of ketones is 1. The molecule has 1 aromatic heterocycles. The monoisotopic (exact) mass is 329 g/mol. The lowest BCUT2D eigenvalue weighted by molar-refractivity contribution is -0.133. The molecule has 0 spiro atoms. The fourth-order valence-corrected chi connectivity index (χ4v) is 2.09. The molecular weight excluding hydrogens is 318 g/mol. The van der Waals surface area contributed by atoms with Gasteiger partial charge in [0.05, 0.1) is 5.56 Å². The van der Waals surface area contributed by atoms with E-state index in [1.165, 1.54) is 19.1 Å². The van der Waals surface area contributed by atoms with Crippen molar-refractivity contribution in [2.45, 2.75) is 12.3 Å². The number of Topliss-reactive ketones (excluding diaryl/α,β-unsaturated/α-hetero) is 1. The zero-order valence-electron chi connectivity index (χ0n) is 12.2. The molecule has 1 aliphatic rings. The maximum absolute atomic E-state index is 12.3. The van der Waals surface area contributed by atoms with Crippen molar-refractivity contribution < 1.29 is 19.1 Å². The molecule has 0 N–H and O–H groups in total. The number of carbonyl (C=O) groups excluding carboxylic acids is 2. The summed E-state index contributed by atoms with van der Waals surface area (Å²) in [6, 6.07) is 8.17. The molecule has 0 fully saturated rings. The highest BCUT2D eigenvalue weighted by molar-refractivity contribution is 6.29. The van der Waals surface area contributed by atoms with Crippen LogP contribution in [0.1, 0.15) is 22.8 Å². The minimum atomic E-state index is -0.758. The van der Waals surface area contributed by atoms with Gasteiger partial charge in [-0.1, -0.05) is 6.07 Å². The van der Waals surface area contributed by atoms with Crippen LogP contribution < -0.4 is 9.47 Å². The minimum absolute atomic E-state index is 0.196. The van der Waals surface area contributed by atoms with Gasteiger partial charge in [0.2, 0.25) is 5.78 Å². The van der Waals surface area contributed by atoms with Gasteiger partial charge in [-0.3, -0.25) is 14.6 Å². The Kier molecular flexibility index (Phi) is 4.12. The lowest BCUT2D eigenvalue weighted by Gasteiger charge is -2.06. The van der Waals surface area contributed by atoms with Gasteiger partial charge in [-0.25, -0.2) is 0 Å². The van der Waals surface area contributed by atoms with Crippen LogP contribution in [0.4, 0.5) is 0 Å². The quantitative estimate of drug-likeness (QED) is 0.374. The van der Waals surface area contributed by atoms with E-state index < -0.39 is 11.3 Å². The van der Waals surface area contributed by atoms with Crippen LogP contribution in [0.25, 0.3) is 6.08 Å². The number of benzene rings is 1. The summed E-state index contributed by atoms with van der Waals surface area (Å²) in [5.41, 5.74) is 1.17. The zero-order valence-corrected chi connectivity index (χ0v) is 12.9. The molecule has 0 saturated heterocycles. The number of fused-ring (bicyclic) bond motifs is 1. The Balaban J connectivity index is 1.85. The number of rotatable bonds is 3. The number of allylic oxidation sites excluding steroid dienone is 1. The van der Waals surface area contributed by atoms with E-state index in [2.05, 4.69) is 4.98 Å². The summed E-state index contributed by atoms with van der Waals surface area (Å²) in [6.45, 7) is 1.52. The van der Waals surface area contributed by atoms with Gasteiger partial charge >= 0.3 is 5.97 Å². The number of carbonyl (C=O) groups is 2. The minimum Gasteiger partial charge on any atom is -0.452 e. The molecule has 1 atom stereocenters. The number of ether oxygens (including phenoxy) is 2. The number of esters is 1. The molecule has 116 valence electrons. The molecule has 1 aliphatic heterocycles. The molecule has 2 aromatic rings. The van der Waals surface area contributed by atoms with Crippen LogP contribution in [0, 0.1) is 0 Å². The smallest absolute Gasteiger partial charge is 0.329 e. The first-order valence-corrected chi connectivity index (χ1v) is 7.32. The van der Waals surface area contributed by atoms with Crippen molar-refractivity contribution >= 4 is 29.4 Å². The number of halogens is 1. The lowest BCUT2D eigenvalue weighted by Crippen LogP contribution is -2.17. The fraction of sp³-hybridized carbons (Fsp3) is 0.118. The predicted octanol–water partition coefficient (Wildman–Crippen LogP) is 3.23. The normalized spacial score (nSPS) is 15.9. The topological polar surface area (TPSA) is 65.5 Å². The average Bonchev–Trinajstić information content (AvgIpc) is 2.84. The predicted molar refractivity (Wildman–Crippen MR) is 84.6 cm³/mol. The van der Waals surface area contributed by atoms with E-state index in [1.54, 1.807) is 30.6 Å². The van der Waals surface area contributed by atoms with Crippen molar-refractivity contribution in [3.63, 3.8) is 0 Å². The molecule has 0 saturated carbocycles. The Hall–Kier alpha value is -2.66. The Bertz CT molecular complexity index is 799. The molecule has 2 heterocycles. The first-order chi connectivity index (χ1) is 11.0. The number of pyridine rings is 1. The van der Waals surface area contributed by atoms with Gasteiger partial charge in [0.1, 0.15) is 16.9 Å². The largest absolute Gasteiger partial charge is 0.452 e. The number of nitrogens with zero attached hydrogens (tertiary/aromatic N) is 1. The fourth-order valence-electron chi connectivity index (χ4n) is 2.04. The molecule has 0 radical (unpaired) electrons. The van der Waals surface area contributed by atoms with Crippen LogP contribution in [0.2, 0.25) is 0 Å². The first kappa shape index (κ1) is 15.2. The van der Waals surface area contributed by atoms with E-state index >= 15 is 0 Å². The summed E-state index contributed by atoms with van der Waals surface area (Å²) < 4.78 is 10.7. The molecule has 3 rings (SSSR count). The van der Waals surface area contributed by atoms with E-state index in [4.69, 9.17) is 21.1 Å². The zero-order chi connectivity index (χ0) is 16.4. The second-order valence-corrected chi connectivity index (χ2v) is 5.58. The molecule has 0 amide bonds. The SMILES string of the molecule is CC(Cl)C(=O)Oc1ccc2c(c1)O/C(=C\c1cccnc1)C2=O. The van der Waals surface area contributed by atoms with Gasteiger partial charge in [0.15, 0.2) is 5.76 Å². The van der Waals surface area contributed by atoms with E-state index in [0.717, 1.165) is 5.56 Å². The van der Waals surface area contributed by atoms with Gasteiger partial charge in [0.25, 0.3) is 0 Å². The van der Waals surface area contributed by atoms with Crippen LogP contribution in [0.5, 0.6) is 11.5 Å². The third kappa shape index (κ3) is 3.24. The number of aromatic nitrogens is 1. The molecule has 5 nitrogen and oxygen atoms in total. The highest BCUT2D eigenvalue weighted by Gasteiger charge is 2.28. The summed E-state index contributed by atoms with van der Waals surface area (Å²) in [7, 11) is 0. The van der Waals surface area contributed by atoms with Gasteiger partial charge in [-0.2, -0.15) is 0 Å². The van der Waals surface area contributed by atoms with Crippen LogP contribution in [0.3, 0.4) is 0 Å². The number of hydrogen-bond acceptors (Lipinski definition) is 5. The third-order valence-corrected chi connectivity index (χ3v) is 3.34. The Morgan fingerprint density at radius 1 is 1.39 bits per heavy atom. The third-order valence-electron chi connectivity index (χ3n) is 3.17. The maximum atomic E-state index is 12.3. The van der Waals surface area contributed by atoms with Crippen molar-refractivity contribution in [1.29, 1.82) is 0 Å². The van der Waals surface area contributed by atoms with Crippen molar-refractivity contribution in [2.24, 2.45) is 0 Å². The van der Waals surface area contributed by atoms with Crippen LogP contribution in [-0.4, -0.2) is 22.1 Å². The second kappa shape index (κ2) is 6.22. The van der Waals surface area contributed by atoms with Gasteiger partial charge in [-0.05, 0) is 36.8 Å². The van der Waals surface area contributed by atoms with E-state index in [-0.39, 0.29) is 17.3 Å². The summed E-state index contributed by atoms with van der Waals surface area (Å²) in [5, 5.41) is -0.758. The van der Waals surface area contributed by atoms with Crippen molar-refractivity contribution in [2.75, 3.05) is 0 Å². The molecule has 6 heteroatoms. The Morgan fingerprint density at radius 3 is 2.91 bits per heavy atom. The Morgan fingerprint density at radius 2 is 2.22 bits per heavy atom. The van der Waals surface area contributed by atoms with Crippen molar-refractivity contribution in [3.05, 3.63) is 59.6 Å². The highest BCUT2D eigenvalue weighted by Crippen LogP contribution is 2.35. The lowest BCUT2D eigenvalue weighted by atomic mass is 10.1. The number of alkyl halides is 1. The standard InChI is InChI=1S/C17H12ClNO4/c1-10(18)17(21)22-12-4-5-13-14(8-12)23-15(16(13)20)7-11-3-2-6-19-9-11/h2-10H,1H3/b15-7-. The molecule has 0 aliphatic carbocycles. The second-order valence-electron chi connectivity index (χ2n) is 4.92. The van der Waals surface area contributed by atoms with E-state index in [9.17, 15) is 9.59 Å². The van der Waals surface area contributed by atoms with Gasteiger partial charge < -0.3 is 9.47 Å². The molecule has 1 unspecified atom stereocenters. The van der Waals surface area contributed by atoms with E-state index in [0.29, 0.717) is 11.3 Å². The summed E-state index contributed by atoms with van der Waals surface area (Å²) in [5.74, 6) is 0.0195. The Labute approximate surface area is 137 Å². The van der Waals surface area contributed by atoms with Crippen molar-refractivity contribution in [1.82, 2.24) is 4.98 Å². The van der Waals surface area contributed by atoms with Gasteiger partial charge in [0, 0.05) is 18.5 Å². The number of hydrogen-bond donors (Lipinski definition) is 0. The molecule has 1 aromatic carbocycles. The molecule has 0 bridgehead atoms. The summed E-state index contributed by atoms with van der Waals surface area (Å²) >= 11 is 5.66. The maximum Gasteiger partial charge on any atom is 0.329 e. The summed E-state index contributed by atoms with van der Waals surface area (Å²) in [4.78, 5) is 27.8. The van der Waals surface area contributed by atoms with E-state index in [1.807, 2.05) is 6.07 Å². The molecular formula is C17H12ClNO4. The van der Waals surface area contributed by atoms with Crippen molar-refractivity contribution in [3.8, 4) is 11.5 Å². The van der Waals surface area contributed by atoms with Crippen LogP contribution in [0.15, 0.2) is 48.5 Å². The highest BCUT2D eigenvalue weighted by atomic mass is 35.5. The summed E-state index contributed by atoms with van der Waals surface area (Å²) in [6.07, 6.45) is 4.89. The molecule has 23 heavy (non-hydrogen) atoms. The first-order valence-electron chi connectivity index (χ1n) is 6.88. The van der Waals surface area contributed by atoms with Gasteiger partial charge in [-0.15, -0.1) is 11.6 Å².